The predicted molar refractivity (Wildman–Crippen MR) is 58.6 cm³/mol. The zero-order chi connectivity index (χ0) is 9.47. The van der Waals surface area contributed by atoms with Gasteiger partial charge in [0, 0.05) is 5.92 Å². The lowest BCUT2D eigenvalue weighted by Crippen LogP contribution is -2.04. The summed E-state index contributed by atoms with van der Waals surface area (Å²) >= 11 is 3.41. The fraction of sp³-hybridized carbons (Fsp3) is 0.667. The Bertz CT molecular complexity index is 414. The molecule has 4 nitrogen and oxygen atoms in total. The molecule has 7 heteroatoms. The molecule has 0 aliphatic carbocycles. The Morgan fingerprint density at radius 2 is 2.31 bits per heavy atom. The van der Waals surface area contributed by atoms with Crippen LogP contribution < -0.4 is 0 Å². The van der Waals surface area contributed by atoms with Crippen molar-refractivity contribution in [2.45, 2.75) is 12.3 Å². The van der Waals surface area contributed by atoms with Crippen molar-refractivity contribution in [3.8, 4) is 0 Å². The molecule has 13 heavy (non-hydrogen) atoms. The number of hydrogen-bond donors (Lipinski definition) is 0. The monoisotopic (exact) mass is 330 g/mol. The molecule has 1 aliphatic heterocycles. The molecule has 1 aromatic rings. The van der Waals surface area contributed by atoms with E-state index in [1.54, 1.807) is 0 Å². The molecule has 0 aromatic carbocycles. The van der Waals surface area contributed by atoms with Crippen LogP contribution in [0.15, 0.2) is 0 Å². The van der Waals surface area contributed by atoms with E-state index in [-0.39, 0.29) is 17.4 Å². The van der Waals surface area contributed by atoms with Gasteiger partial charge in [-0.15, -0.1) is 0 Å². The second-order valence-corrected chi connectivity index (χ2v) is 7.74. The lowest BCUT2D eigenvalue weighted by Gasteiger charge is -1.98. The van der Waals surface area contributed by atoms with Crippen LogP contribution in [0.5, 0.6) is 0 Å². The summed E-state index contributed by atoms with van der Waals surface area (Å²) in [4.78, 5) is 4.19. The maximum Gasteiger partial charge on any atom is 0.173 e. The fourth-order valence-corrected chi connectivity index (χ4v) is 4.15. The zero-order valence-corrected chi connectivity index (χ0v) is 10.4. The molecule has 0 amide bonds. The van der Waals surface area contributed by atoms with Crippen LogP contribution in [0, 0.1) is 3.01 Å². The summed E-state index contributed by atoms with van der Waals surface area (Å²) in [5.41, 5.74) is 0. The largest absolute Gasteiger partial charge is 0.229 e. The van der Waals surface area contributed by atoms with E-state index < -0.39 is 9.84 Å². The molecule has 1 atom stereocenters. The third-order valence-electron chi connectivity index (χ3n) is 2.01. The van der Waals surface area contributed by atoms with Gasteiger partial charge in [0.2, 0.25) is 0 Å². The number of rotatable bonds is 1. The highest BCUT2D eigenvalue weighted by atomic mass is 127. The molecule has 0 spiro atoms. The summed E-state index contributed by atoms with van der Waals surface area (Å²) in [5.74, 6) is 1.24. The molecule has 1 fully saturated rings. The van der Waals surface area contributed by atoms with E-state index in [1.807, 2.05) is 0 Å². The topological polar surface area (TPSA) is 59.9 Å². The lowest BCUT2D eigenvalue weighted by molar-refractivity contribution is 0.601. The van der Waals surface area contributed by atoms with E-state index in [1.165, 1.54) is 11.5 Å². The van der Waals surface area contributed by atoms with Crippen LogP contribution in [0.3, 0.4) is 0 Å². The summed E-state index contributed by atoms with van der Waals surface area (Å²) < 4.78 is 27.3. The van der Waals surface area contributed by atoms with Crippen LogP contribution in [0.2, 0.25) is 0 Å². The molecule has 1 aromatic heterocycles. The number of aromatic nitrogens is 2. The summed E-state index contributed by atoms with van der Waals surface area (Å²) in [6, 6.07) is 0. The van der Waals surface area contributed by atoms with Crippen molar-refractivity contribution < 1.29 is 8.42 Å². The van der Waals surface area contributed by atoms with Gasteiger partial charge in [0.05, 0.1) is 11.5 Å². The average Bonchev–Trinajstić information content (AvgIpc) is 2.56. The SMILES string of the molecule is O=S1(=O)CCC(c2nsc(I)n2)C1. The molecule has 1 saturated heterocycles. The van der Waals surface area contributed by atoms with Gasteiger partial charge < -0.3 is 0 Å². The average molecular weight is 330 g/mol. The molecule has 0 saturated carbocycles. The molecule has 2 rings (SSSR count). The lowest BCUT2D eigenvalue weighted by atomic mass is 10.1. The minimum atomic E-state index is -2.81. The molecule has 0 radical (unpaired) electrons. The Morgan fingerprint density at radius 3 is 2.77 bits per heavy atom. The van der Waals surface area contributed by atoms with E-state index >= 15 is 0 Å². The van der Waals surface area contributed by atoms with Crippen LogP contribution >= 0.6 is 34.1 Å². The zero-order valence-electron chi connectivity index (χ0n) is 6.60. The number of hydrogen-bond acceptors (Lipinski definition) is 5. The third kappa shape index (κ3) is 2.18. The molecule has 72 valence electrons. The van der Waals surface area contributed by atoms with Gasteiger partial charge in [0.15, 0.2) is 12.9 Å². The smallest absolute Gasteiger partial charge is 0.173 e. The minimum absolute atomic E-state index is 0.0322. The number of nitrogens with zero attached hydrogens (tertiary/aromatic N) is 2. The molecule has 1 aliphatic rings. The van der Waals surface area contributed by atoms with Crippen LogP contribution in [0.1, 0.15) is 18.2 Å². The maximum atomic E-state index is 11.2. The van der Waals surface area contributed by atoms with Crippen molar-refractivity contribution in [3.63, 3.8) is 0 Å². The van der Waals surface area contributed by atoms with Gasteiger partial charge in [-0.1, -0.05) is 0 Å². The van der Waals surface area contributed by atoms with E-state index in [0.29, 0.717) is 12.2 Å². The van der Waals surface area contributed by atoms with Gasteiger partial charge >= 0.3 is 0 Å². The Hall–Kier alpha value is 0.240. The Kier molecular flexibility index (Phi) is 2.58. The van der Waals surface area contributed by atoms with Gasteiger partial charge in [0.1, 0.15) is 5.82 Å². The quantitative estimate of drug-likeness (QED) is 0.722. The van der Waals surface area contributed by atoms with Crippen molar-refractivity contribution in [3.05, 3.63) is 8.84 Å². The standard InChI is InChI=1S/C6H7IN2O2S2/c7-6-8-5(9-12-6)4-1-2-13(10,11)3-4/h4H,1-3H2. The molecule has 0 bridgehead atoms. The van der Waals surface area contributed by atoms with Gasteiger partial charge in [-0.25, -0.2) is 13.4 Å². The fourth-order valence-electron chi connectivity index (χ4n) is 1.38. The molecular formula is C6H7IN2O2S2. The summed E-state index contributed by atoms with van der Waals surface area (Å²) in [6.45, 7) is 0. The number of sulfone groups is 1. The van der Waals surface area contributed by atoms with E-state index in [0.717, 1.165) is 3.01 Å². The minimum Gasteiger partial charge on any atom is -0.229 e. The first-order valence-corrected chi connectivity index (χ1v) is 7.44. The number of halogens is 1. The van der Waals surface area contributed by atoms with Crippen LogP contribution in [0.4, 0.5) is 0 Å². The first-order chi connectivity index (χ1) is 6.07. The van der Waals surface area contributed by atoms with Gasteiger partial charge in [-0.05, 0) is 40.5 Å². The summed E-state index contributed by atoms with van der Waals surface area (Å²) in [5, 5.41) is 0. The highest BCUT2D eigenvalue weighted by molar-refractivity contribution is 14.1. The first-order valence-electron chi connectivity index (χ1n) is 3.76. The van der Waals surface area contributed by atoms with Crippen molar-refractivity contribution in [1.82, 2.24) is 9.36 Å². The van der Waals surface area contributed by atoms with E-state index in [2.05, 4.69) is 31.9 Å². The molecule has 1 unspecified atom stereocenters. The van der Waals surface area contributed by atoms with Gasteiger partial charge in [0.25, 0.3) is 0 Å². The molecular weight excluding hydrogens is 323 g/mol. The van der Waals surface area contributed by atoms with Crippen LogP contribution in [-0.4, -0.2) is 29.3 Å². The van der Waals surface area contributed by atoms with E-state index in [9.17, 15) is 8.42 Å². The van der Waals surface area contributed by atoms with Crippen LogP contribution in [0.25, 0.3) is 0 Å². The van der Waals surface area contributed by atoms with Gasteiger partial charge in [-0.3, -0.25) is 0 Å². The molecule has 2 heterocycles. The van der Waals surface area contributed by atoms with Crippen molar-refractivity contribution in [2.24, 2.45) is 0 Å². The van der Waals surface area contributed by atoms with Crippen molar-refractivity contribution in [1.29, 1.82) is 0 Å². The second kappa shape index (κ2) is 3.43. The third-order valence-corrected chi connectivity index (χ3v) is 5.13. The highest BCUT2D eigenvalue weighted by Gasteiger charge is 2.31. The highest BCUT2D eigenvalue weighted by Crippen LogP contribution is 2.27. The Labute approximate surface area is 94.0 Å². The molecule has 0 N–H and O–H groups in total. The van der Waals surface area contributed by atoms with Gasteiger partial charge in [-0.2, -0.15) is 4.37 Å². The Morgan fingerprint density at radius 1 is 1.54 bits per heavy atom. The van der Waals surface area contributed by atoms with Crippen molar-refractivity contribution >= 4 is 44.0 Å². The summed E-state index contributed by atoms with van der Waals surface area (Å²) in [6.07, 6.45) is 0.676. The van der Waals surface area contributed by atoms with E-state index in [4.69, 9.17) is 0 Å². The Balaban J connectivity index is 2.21. The first kappa shape index (κ1) is 9.78. The predicted octanol–water partition coefficient (Wildman–Crippen LogP) is 1.04. The second-order valence-electron chi connectivity index (χ2n) is 3.01. The maximum absolute atomic E-state index is 11.2. The van der Waals surface area contributed by atoms with Crippen LogP contribution in [-0.2, 0) is 9.84 Å². The normalized spacial score (nSPS) is 26.4. The van der Waals surface area contributed by atoms with Crippen molar-refractivity contribution in [2.75, 3.05) is 11.5 Å². The summed E-state index contributed by atoms with van der Waals surface area (Å²) in [7, 11) is -2.81.